The molecule has 0 bridgehead atoms. The van der Waals surface area contributed by atoms with E-state index in [2.05, 4.69) is 4.74 Å². The first-order valence-corrected chi connectivity index (χ1v) is 6.83. The van der Waals surface area contributed by atoms with E-state index >= 15 is 0 Å². The first kappa shape index (κ1) is 14.8. The van der Waals surface area contributed by atoms with Crippen LogP contribution in [0.15, 0.2) is 24.3 Å². The van der Waals surface area contributed by atoms with Crippen LogP contribution >= 0.6 is 0 Å². The second kappa shape index (κ2) is 5.08. The Morgan fingerprint density at radius 3 is 2.40 bits per heavy atom. The Balaban J connectivity index is 1.96. The molecule has 1 aromatic rings. The number of hydrogen-bond donors (Lipinski definition) is 0. The quantitative estimate of drug-likeness (QED) is 0.456. The van der Waals surface area contributed by atoms with Crippen molar-refractivity contribution in [2.75, 3.05) is 6.61 Å². The molecule has 0 aromatic heterocycles. The molecule has 0 spiro atoms. The van der Waals surface area contributed by atoms with Gasteiger partial charge in [-0.1, -0.05) is 24.3 Å². The fourth-order valence-electron chi connectivity index (χ4n) is 1.40. The highest BCUT2D eigenvalue weighted by Crippen LogP contribution is 2.29. The first-order valence-electron chi connectivity index (χ1n) is 5.43. The number of halogens is 2. The topological polar surface area (TPSA) is 96.0 Å². The summed E-state index contributed by atoms with van der Waals surface area (Å²) in [6.07, 6.45) is 0.0292. The minimum absolute atomic E-state index is 0.0292. The van der Waals surface area contributed by atoms with Gasteiger partial charge in [-0.05, 0) is 11.1 Å². The Morgan fingerprint density at radius 1 is 1.40 bits per heavy atom. The lowest BCUT2D eigenvalue weighted by atomic mass is 10.1. The third kappa shape index (κ3) is 3.11. The lowest BCUT2D eigenvalue weighted by molar-refractivity contribution is -0.162. The molecular weight excluding hydrogens is 298 g/mol. The van der Waals surface area contributed by atoms with Crippen molar-refractivity contribution >= 4 is 16.1 Å². The zero-order chi connectivity index (χ0) is 15.0. The number of hydrogen-bond acceptors (Lipinski definition) is 6. The average molecular weight is 307 g/mol. The molecule has 1 saturated heterocycles. The molecule has 0 saturated carbocycles. The van der Waals surface area contributed by atoms with Crippen molar-refractivity contribution in [3.8, 4) is 0 Å². The van der Waals surface area contributed by atoms with E-state index < -0.39 is 27.9 Å². The largest absolute Gasteiger partial charge is 0.743 e. The Kier molecular flexibility index (Phi) is 3.76. The third-order valence-electron chi connectivity index (χ3n) is 2.61. The molecule has 20 heavy (non-hydrogen) atoms. The summed E-state index contributed by atoms with van der Waals surface area (Å²) < 4.78 is 65.4. The van der Waals surface area contributed by atoms with Crippen LogP contribution in [0, 0.1) is 0 Å². The van der Waals surface area contributed by atoms with Crippen molar-refractivity contribution in [2.45, 2.75) is 18.0 Å². The maximum absolute atomic E-state index is 12.8. The molecule has 0 radical (unpaired) electrons. The molecule has 1 aromatic carbocycles. The van der Waals surface area contributed by atoms with E-state index in [4.69, 9.17) is 4.74 Å². The molecule has 1 fully saturated rings. The summed E-state index contributed by atoms with van der Waals surface area (Å²) in [6.45, 7) is 0.0532. The fraction of sp³-hybridized carbons (Fsp3) is 0.364. The molecule has 1 aliphatic heterocycles. The van der Waals surface area contributed by atoms with Crippen LogP contribution in [0.3, 0.4) is 0 Å². The third-order valence-corrected chi connectivity index (χ3v) is 3.40. The molecule has 1 aliphatic rings. The number of benzene rings is 1. The van der Waals surface area contributed by atoms with Crippen LogP contribution in [0.2, 0.25) is 0 Å². The molecule has 110 valence electrons. The monoisotopic (exact) mass is 307 g/mol. The molecule has 0 amide bonds. The van der Waals surface area contributed by atoms with Crippen molar-refractivity contribution in [2.24, 2.45) is 0 Å². The maximum Gasteiger partial charge on any atom is 0.428 e. The van der Waals surface area contributed by atoms with E-state index in [0.717, 1.165) is 5.56 Å². The van der Waals surface area contributed by atoms with E-state index in [0.29, 0.717) is 12.2 Å². The van der Waals surface area contributed by atoms with E-state index in [9.17, 15) is 26.5 Å². The Bertz CT molecular complexity index is 606. The van der Waals surface area contributed by atoms with Crippen molar-refractivity contribution in [3.63, 3.8) is 0 Å². The summed E-state index contributed by atoms with van der Waals surface area (Å²) in [5.41, 5.74) is 1.27. The van der Waals surface area contributed by atoms with Crippen molar-refractivity contribution < 1.29 is 36.0 Å². The van der Waals surface area contributed by atoms with E-state index in [-0.39, 0.29) is 6.10 Å². The SMILES string of the molecule is O=C(OCc1ccc(C2CO2)cc1)C(F)(F)S(=O)(=O)[O-]. The smallest absolute Gasteiger partial charge is 0.428 e. The van der Waals surface area contributed by atoms with E-state index in [1.54, 1.807) is 12.1 Å². The molecule has 0 N–H and O–H groups in total. The van der Waals surface area contributed by atoms with Gasteiger partial charge in [0.25, 0.3) is 0 Å². The molecular formula is C11H9F2O6S-. The predicted molar refractivity (Wildman–Crippen MR) is 59.6 cm³/mol. The zero-order valence-corrected chi connectivity index (χ0v) is 10.7. The first-order chi connectivity index (χ1) is 9.22. The van der Waals surface area contributed by atoms with Crippen LogP contribution in [-0.4, -0.2) is 30.8 Å². The Labute approximate surface area is 113 Å². The number of rotatable bonds is 5. The molecule has 1 atom stereocenters. The summed E-state index contributed by atoms with van der Waals surface area (Å²) in [5, 5.41) is -5.09. The minimum Gasteiger partial charge on any atom is -0.743 e. The van der Waals surface area contributed by atoms with Crippen LogP contribution in [0.25, 0.3) is 0 Å². The van der Waals surface area contributed by atoms with Gasteiger partial charge in [-0.25, -0.2) is 13.2 Å². The standard InChI is InChI=1S/C11H10F2O6S/c12-11(13,20(15,16)17)10(14)19-5-7-1-3-8(4-2-7)9-6-18-9/h1-4,9H,5-6H2,(H,15,16,17)/p-1. The minimum atomic E-state index is -6.09. The van der Waals surface area contributed by atoms with Gasteiger partial charge in [0.15, 0.2) is 10.1 Å². The van der Waals surface area contributed by atoms with Crippen LogP contribution in [0.5, 0.6) is 0 Å². The fourth-order valence-corrected chi connectivity index (χ4v) is 1.67. The van der Waals surface area contributed by atoms with Crippen LogP contribution in [0.1, 0.15) is 17.2 Å². The van der Waals surface area contributed by atoms with Crippen molar-refractivity contribution in [1.82, 2.24) is 0 Å². The second-order valence-corrected chi connectivity index (χ2v) is 5.53. The zero-order valence-electron chi connectivity index (χ0n) is 9.91. The lowest BCUT2D eigenvalue weighted by Gasteiger charge is -2.18. The highest BCUT2D eigenvalue weighted by Gasteiger charge is 2.48. The van der Waals surface area contributed by atoms with Crippen molar-refractivity contribution in [3.05, 3.63) is 35.4 Å². The highest BCUT2D eigenvalue weighted by atomic mass is 32.2. The average Bonchev–Trinajstić information content (AvgIpc) is 3.19. The summed E-state index contributed by atoms with van der Waals surface area (Å²) in [7, 11) is -6.09. The summed E-state index contributed by atoms with van der Waals surface area (Å²) >= 11 is 0. The normalized spacial score (nSPS) is 18.6. The Morgan fingerprint density at radius 2 is 1.95 bits per heavy atom. The van der Waals surface area contributed by atoms with Crippen LogP contribution < -0.4 is 0 Å². The molecule has 1 heterocycles. The summed E-state index contributed by atoms with van der Waals surface area (Å²) in [5.74, 6) is -2.39. The van der Waals surface area contributed by atoms with Crippen LogP contribution in [0.4, 0.5) is 8.78 Å². The molecule has 9 heteroatoms. The Hall–Kier alpha value is -1.58. The maximum atomic E-state index is 12.8. The summed E-state index contributed by atoms with van der Waals surface area (Å²) in [6, 6.07) is 6.38. The van der Waals surface area contributed by atoms with Gasteiger partial charge in [-0.2, -0.15) is 8.78 Å². The summed E-state index contributed by atoms with van der Waals surface area (Å²) in [4.78, 5) is 10.9. The lowest BCUT2D eigenvalue weighted by Crippen LogP contribution is -2.38. The van der Waals surface area contributed by atoms with Gasteiger partial charge in [0.05, 0.1) is 6.61 Å². The van der Waals surface area contributed by atoms with E-state index in [1.807, 2.05) is 0 Å². The number of epoxide rings is 1. The molecule has 2 rings (SSSR count). The number of alkyl halides is 2. The number of carbonyl (C=O) groups is 1. The number of ether oxygens (including phenoxy) is 2. The molecule has 1 unspecified atom stereocenters. The van der Waals surface area contributed by atoms with Gasteiger partial charge in [0.2, 0.25) is 0 Å². The number of carbonyl (C=O) groups excluding carboxylic acids is 1. The van der Waals surface area contributed by atoms with E-state index in [1.165, 1.54) is 12.1 Å². The highest BCUT2D eigenvalue weighted by molar-refractivity contribution is 7.87. The van der Waals surface area contributed by atoms with Gasteiger partial charge in [-0.3, -0.25) is 0 Å². The van der Waals surface area contributed by atoms with Gasteiger partial charge in [-0.15, -0.1) is 0 Å². The second-order valence-electron chi connectivity index (χ2n) is 4.11. The van der Waals surface area contributed by atoms with Gasteiger partial charge in [0.1, 0.15) is 12.7 Å². The molecule has 0 aliphatic carbocycles. The van der Waals surface area contributed by atoms with Crippen LogP contribution in [-0.2, 0) is 31.0 Å². The van der Waals surface area contributed by atoms with Gasteiger partial charge >= 0.3 is 11.2 Å². The number of esters is 1. The molecule has 6 nitrogen and oxygen atoms in total. The van der Waals surface area contributed by atoms with Crippen molar-refractivity contribution in [1.29, 1.82) is 0 Å². The van der Waals surface area contributed by atoms with Gasteiger partial charge < -0.3 is 14.0 Å². The predicted octanol–water partition coefficient (Wildman–Crippen LogP) is 0.939. The van der Waals surface area contributed by atoms with Gasteiger partial charge in [0, 0.05) is 0 Å².